The van der Waals surface area contributed by atoms with Gasteiger partial charge in [0.05, 0.1) is 17.3 Å². The zero-order valence-corrected chi connectivity index (χ0v) is 16.8. The molecule has 0 aliphatic heterocycles. The molecule has 0 fully saturated rings. The summed E-state index contributed by atoms with van der Waals surface area (Å²) in [6.45, 7) is 0.380. The van der Waals surface area contributed by atoms with Crippen LogP contribution in [0.1, 0.15) is 15.2 Å². The topological polar surface area (TPSA) is 66.5 Å². The van der Waals surface area contributed by atoms with Gasteiger partial charge in [0.1, 0.15) is 4.90 Å². The van der Waals surface area contributed by atoms with Gasteiger partial charge >= 0.3 is 0 Å². The summed E-state index contributed by atoms with van der Waals surface area (Å²) in [5.41, 5.74) is 0.733. The van der Waals surface area contributed by atoms with Crippen LogP contribution in [0.15, 0.2) is 70.9 Å². The molecule has 1 aromatic heterocycles. The number of thiophene rings is 1. The van der Waals surface area contributed by atoms with Crippen LogP contribution in [0.4, 0.5) is 5.69 Å². The van der Waals surface area contributed by atoms with Gasteiger partial charge in [0.2, 0.25) is 0 Å². The first-order valence-electron chi connectivity index (χ1n) is 8.03. The fraction of sp³-hybridized carbons (Fsp3) is 0.105. The molecule has 0 bridgehead atoms. The molecule has 0 radical (unpaired) electrons. The second-order valence-electron chi connectivity index (χ2n) is 5.72. The highest BCUT2D eigenvalue weighted by molar-refractivity contribution is 7.93. The van der Waals surface area contributed by atoms with Gasteiger partial charge in [-0.3, -0.25) is 9.10 Å². The highest BCUT2D eigenvalue weighted by atomic mass is 35.5. The van der Waals surface area contributed by atoms with E-state index >= 15 is 0 Å². The molecule has 0 saturated heterocycles. The molecule has 1 amide bonds. The van der Waals surface area contributed by atoms with Gasteiger partial charge in [-0.1, -0.05) is 35.9 Å². The number of carbonyl (C=O) groups excluding carboxylic acids is 1. The molecular weight excluding hydrogens is 404 g/mol. The molecule has 1 heterocycles. The molecule has 3 aromatic rings. The third-order valence-electron chi connectivity index (χ3n) is 3.95. The quantitative estimate of drug-likeness (QED) is 0.651. The molecule has 0 aliphatic carbocycles. The van der Waals surface area contributed by atoms with E-state index in [4.69, 9.17) is 11.6 Å². The number of nitrogens with one attached hydrogen (secondary N) is 1. The van der Waals surface area contributed by atoms with Gasteiger partial charge in [-0.25, -0.2) is 8.42 Å². The SMILES string of the molecule is CN(c1ccccc1)S(=O)(=O)c1cc(C(=O)NCc2cccs2)ccc1Cl. The predicted octanol–water partition coefficient (Wildman–Crippen LogP) is 4.16. The molecular formula is C19H17ClN2O3S2. The summed E-state index contributed by atoms with van der Waals surface area (Å²) in [5.74, 6) is -0.362. The maximum absolute atomic E-state index is 13.0. The van der Waals surface area contributed by atoms with Crippen molar-refractivity contribution < 1.29 is 13.2 Å². The summed E-state index contributed by atoms with van der Waals surface area (Å²) in [5, 5.41) is 4.77. The minimum Gasteiger partial charge on any atom is -0.347 e. The van der Waals surface area contributed by atoms with Crippen LogP contribution in [-0.2, 0) is 16.6 Å². The Balaban J connectivity index is 1.87. The molecule has 27 heavy (non-hydrogen) atoms. The van der Waals surface area contributed by atoms with E-state index in [1.807, 2.05) is 17.5 Å². The Morgan fingerprint density at radius 1 is 1.11 bits per heavy atom. The lowest BCUT2D eigenvalue weighted by Crippen LogP contribution is -2.27. The van der Waals surface area contributed by atoms with Crippen LogP contribution in [0, 0.1) is 0 Å². The Kier molecular flexibility index (Phi) is 5.84. The average molecular weight is 421 g/mol. The highest BCUT2D eigenvalue weighted by Gasteiger charge is 2.25. The number of nitrogens with zero attached hydrogens (tertiary/aromatic N) is 1. The van der Waals surface area contributed by atoms with E-state index in [0.29, 0.717) is 12.2 Å². The third kappa shape index (κ3) is 4.32. The van der Waals surface area contributed by atoms with Gasteiger partial charge in [0.15, 0.2) is 0 Å². The lowest BCUT2D eigenvalue weighted by atomic mass is 10.2. The fourth-order valence-electron chi connectivity index (χ4n) is 2.45. The number of benzene rings is 2. The lowest BCUT2D eigenvalue weighted by molar-refractivity contribution is 0.0951. The zero-order chi connectivity index (χ0) is 19.4. The number of para-hydroxylation sites is 1. The lowest BCUT2D eigenvalue weighted by Gasteiger charge is -2.20. The van der Waals surface area contributed by atoms with Gasteiger partial charge in [-0.2, -0.15) is 0 Å². The maximum Gasteiger partial charge on any atom is 0.265 e. The van der Waals surface area contributed by atoms with Crippen LogP contribution >= 0.6 is 22.9 Å². The minimum atomic E-state index is -3.91. The maximum atomic E-state index is 13.0. The van der Waals surface area contributed by atoms with Gasteiger partial charge in [-0.05, 0) is 41.8 Å². The molecule has 1 N–H and O–H groups in total. The van der Waals surface area contributed by atoms with Crippen molar-refractivity contribution in [3.05, 3.63) is 81.5 Å². The van der Waals surface area contributed by atoms with Crippen molar-refractivity contribution in [3.8, 4) is 0 Å². The van der Waals surface area contributed by atoms with E-state index in [9.17, 15) is 13.2 Å². The fourth-order valence-corrected chi connectivity index (χ4v) is 4.79. The monoisotopic (exact) mass is 420 g/mol. The van der Waals surface area contributed by atoms with Crippen molar-refractivity contribution in [3.63, 3.8) is 0 Å². The van der Waals surface area contributed by atoms with E-state index in [1.54, 1.807) is 30.3 Å². The number of sulfonamides is 1. The van der Waals surface area contributed by atoms with Crippen LogP contribution in [0.5, 0.6) is 0 Å². The first-order chi connectivity index (χ1) is 12.9. The molecule has 0 unspecified atom stereocenters. The van der Waals surface area contributed by atoms with E-state index in [1.165, 1.54) is 36.6 Å². The molecule has 0 atom stereocenters. The minimum absolute atomic E-state index is 0.0626. The van der Waals surface area contributed by atoms with Crippen molar-refractivity contribution in [1.29, 1.82) is 0 Å². The molecule has 8 heteroatoms. The van der Waals surface area contributed by atoms with E-state index in [2.05, 4.69) is 5.32 Å². The Labute approximate surface area is 167 Å². The number of carbonyl (C=O) groups is 1. The second-order valence-corrected chi connectivity index (χ2v) is 9.09. The summed E-state index contributed by atoms with van der Waals surface area (Å²) < 4.78 is 27.1. The summed E-state index contributed by atoms with van der Waals surface area (Å²) in [6, 6.07) is 16.7. The van der Waals surface area contributed by atoms with Crippen LogP contribution in [0.2, 0.25) is 5.02 Å². The first kappa shape index (κ1) is 19.4. The van der Waals surface area contributed by atoms with E-state index in [0.717, 1.165) is 9.18 Å². The Morgan fingerprint density at radius 2 is 1.85 bits per heavy atom. The smallest absolute Gasteiger partial charge is 0.265 e. The molecule has 140 valence electrons. The summed E-state index contributed by atoms with van der Waals surface area (Å²) in [4.78, 5) is 13.3. The number of hydrogen-bond donors (Lipinski definition) is 1. The predicted molar refractivity (Wildman–Crippen MR) is 109 cm³/mol. The zero-order valence-electron chi connectivity index (χ0n) is 14.4. The van der Waals surface area contributed by atoms with Crippen molar-refractivity contribution in [2.75, 3.05) is 11.4 Å². The van der Waals surface area contributed by atoms with Gasteiger partial charge in [0, 0.05) is 17.5 Å². The molecule has 0 spiro atoms. The van der Waals surface area contributed by atoms with Crippen molar-refractivity contribution in [2.45, 2.75) is 11.4 Å². The van der Waals surface area contributed by atoms with Crippen molar-refractivity contribution in [2.24, 2.45) is 0 Å². The molecule has 5 nitrogen and oxygen atoms in total. The molecule has 2 aromatic carbocycles. The van der Waals surface area contributed by atoms with E-state index in [-0.39, 0.29) is 21.4 Å². The Bertz CT molecular complexity index is 1040. The summed E-state index contributed by atoms with van der Waals surface area (Å²) in [6.07, 6.45) is 0. The summed E-state index contributed by atoms with van der Waals surface area (Å²) >= 11 is 7.67. The molecule has 3 rings (SSSR count). The largest absolute Gasteiger partial charge is 0.347 e. The average Bonchev–Trinajstić information content (AvgIpc) is 3.20. The van der Waals surface area contributed by atoms with Crippen molar-refractivity contribution in [1.82, 2.24) is 5.32 Å². The van der Waals surface area contributed by atoms with Crippen LogP contribution in [0.3, 0.4) is 0 Å². The number of amides is 1. The van der Waals surface area contributed by atoms with E-state index < -0.39 is 10.0 Å². The van der Waals surface area contributed by atoms with Crippen LogP contribution in [-0.4, -0.2) is 21.4 Å². The van der Waals surface area contributed by atoms with Crippen LogP contribution in [0.25, 0.3) is 0 Å². The number of anilines is 1. The normalized spacial score (nSPS) is 11.2. The van der Waals surface area contributed by atoms with Crippen molar-refractivity contribution >= 4 is 44.6 Å². The third-order valence-corrected chi connectivity index (χ3v) is 7.10. The second kappa shape index (κ2) is 8.12. The van der Waals surface area contributed by atoms with Gasteiger partial charge in [0.25, 0.3) is 15.9 Å². The van der Waals surface area contributed by atoms with Gasteiger partial charge in [-0.15, -0.1) is 11.3 Å². The molecule has 0 saturated carbocycles. The number of halogens is 1. The first-order valence-corrected chi connectivity index (χ1v) is 10.7. The van der Waals surface area contributed by atoms with Gasteiger partial charge < -0.3 is 5.32 Å². The Morgan fingerprint density at radius 3 is 2.52 bits per heavy atom. The standard InChI is InChI=1S/C19H17ClN2O3S2/c1-22(15-6-3-2-4-7-15)27(24,25)18-12-14(9-10-17(18)20)19(23)21-13-16-8-5-11-26-16/h2-12H,13H2,1H3,(H,21,23). The highest BCUT2D eigenvalue weighted by Crippen LogP contribution is 2.28. The number of rotatable bonds is 6. The molecule has 0 aliphatic rings. The Hall–Kier alpha value is -2.35. The summed E-state index contributed by atoms with van der Waals surface area (Å²) in [7, 11) is -2.46. The van der Waals surface area contributed by atoms with Crippen LogP contribution < -0.4 is 9.62 Å². The number of hydrogen-bond acceptors (Lipinski definition) is 4.